The van der Waals surface area contributed by atoms with Gasteiger partial charge in [0.05, 0.1) is 0 Å². The molecule has 2 rings (SSSR count). The van der Waals surface area contributed by atoms with Crippen LogP contribution >= 0.6 is 0 Å². The molecule has 0 spiro atoms. The van der Waals surface area contributed by atoms with E-state index in [0.717, 1.165) is 11.1 Å². The van der Waals surface area contributed by atoms with E-state index >= 15 is 0 Å². The zero-order valence-electron chi connectivity index (χ0n) is 13.3. The van der Waals surface area contributed by atoms with E-state index < -0.39 is 0 Å². The van der Waals surface area contributed by atoms with Crippen molar-refractivity contribution in [3.63, 3.8) is 0 Å². The molecule has 0 radical (unpaired) electrons. The van der Waals surface area contributed by atoms with Gasteiger partial charge in [0.1, 0.15) is 0 Å². The number of hydrogen-bond acceptors (Lipinski definition) is 2. The molecule has 4 nitrogen and oxygen atoms in total. The third kappa shape index (κ3) is 5.55. The molecule has 0 atom stereocenters. The predicted molar refractivity (Wildman–Crippen MR) is 91.6 cm³/mol. The van der Waals surface area contributed by atoms with Gasteiger partial charge in [0.15, 0.2) is 0 Å². The number of hydrogen-bond donors (Lipinski definition) is 0. The topological polar surface area (TPSA) is 40.6 Å². The summed E-state index contributed by atoms with van der Waals surface area (Å²) in [5, 5.41) is 0. The summed E-state index contributed by atoms with van der Waals surface area (Å²) in [6, 6.07) is 19.3. The van der Waals surface area contributed by atoms with Crippen LogP contribution in [0.1, 0.15) is 11.1 Å². The Labute approximate surface area is 143 Å². The third-order valence-corrected chi connectivity index (χ3v) is 5.23. The first-order valence-electron chi connectivity index (χ1n) is 7.35. The molecule has 0 unspecified atom stereocenters. The summed E-state index contributed by atoms with van der Waals surface area (Å²) >= 11 is -0.336. The van der Waals surface area contributed by atoms with Crippen LogP contribution in [-0.4, -0.2) is 49.1 Å². The predicted octanol–water partition coefficient (Wildman–Crippen LogP) is 1.92. The van der Waals surface area contributed by atoms with Crippen LogP contribution in [0.15, 0.2) is 60.7 Å². The molecule has 2 aromatic carbocycles. The maximum absolute atomic E-state index is 12.2. The Balaban J connectivity index is 1.85. The van der Waals surface area contributed by atoms with Crippen molar-refractivity contribution >= 4 is 27.2 Å². The second-order valence-electron chi connectivity index (χ2n) is 5.19. The van der Waals surface area contributed by atoms with Gasteiger partial charge in [-0.05, 0) is 0 Å². The molecular formula is C18H20N2O2Se. The van der Waals surface area contributed by atoms with Crippen molar-refractivity contribution in [1.82, 2.24) is 7.83 Å². The molecule has 0 aliphatic carbocycles. The summed E-state index contributed by atoms with van der Waals surface area (Å²) < 4.78 is 3.28. The number of nitrogens with zero attached hydrogens (tertiary/aromatic N) is 2. The number of benzene rings is 2. The van der Waals surface area contributed by atoms with Gasteiger partial charge in [-0.3, -0.25) is 0 Å². The number of amides is 2. The second kappa shape index (κ2) is 8.51. The SMILES string of the molecule is CN([Se]N(C)C(=O)Cc1ccccc1)C(=O)Cc1ccccc1. The van der Waals surface area contributed by atoms with Crippen molar-refractivity contribution in [1.29, 1.82) is 0 Å². The summed E-state index contributed by atoms with van der Waals surface area (Å²) in [7, 11) is 3.50. The quantitative estimate of drug-likeness (QED) is 0.724. The maximum atomic E-state index is 12.2. The van der Waals surface area contributed by atoms with Gasteiger partial charge in [-0.1, -0.05) is 0 Å². The normalized spacial score (nSPS) is 10.2. The van der Waals surface area contributed by atoms with Crippen molar-refractivity contribution in [2.75, 3.05) is 14.1 Å². The third-order valence-electron chi connectivity index (χ3n) is 3.34. The fourth-order valence-electron chi connectivity index (χ4n) is 2.04. The molecule has 120 valence electrons. The van der Waals surface area contributed by atoms with Crippen LogP contribution in [0.3, 0.4) is 0 Å². The van der Waals surface area contributed by atoms with Gasteiger partial charge in [-0.2, -0.15) is 0 Å². The molecule has 23 heavy (non-hydrogen) atoms. The van der Waals surface area contributed by atoms with Crippen molar-refractivity contribution in [3.8, 4) is 0 Å². The number of carbonyl (C=O) groups is 2. The van der Waals surface area contributed by atoms with E-state index in [1.165, 1.54) is 0 Å². The average molecular weight is 375 g/mol. The summed E-state index contributed by atoms with van der Waals surface area (Å²) in [5.41, 5.74) is 1.97. The standard InChI is InChI=1S/C18H20N2O2Se/c1-19(17(21)13-15-9-5-3-6-10-15)23-20(2)18(22)14-16-11-7-4-8-12-16/h3-12H,13-14H2,1-2H3. The van der Waals surface area contributed by atoms with E-state index in [9.17, 15) is 9.59 Å². The van der Waals surface area contributed by atoms with Gasteiger partial charge >= 0.3 is 143 Å². The van der Waals surface area contributed by atoms with Gasteiger partial charge in [-0.15, -0.1) is 0 Å². The Hall–Kier alpha value is -2.10. The van der Waals surface area contributed by atoms with Crippen molar-refractivity contribution in [2.45, 2.75) is 12.8 Å². The molecule has 0 aromatic heterocycles. The van der Waals surface area contributed by atoms with Gasteiger partial charge < -0.3 is 0 Å². The molecule has 0 fully saturated rings. The molecule has 0 saturated heterocycles. The Kier molecular flexibility index (Phi) is 6.39. The van der Waals surface area contributed by atoms with E-state index in [2.05, 4.69) is 0 Å². The first kappa shape index (κ1) is 17.3. The van der Waals surface area contributed by atoms with Crippen molar-refractivity contribution in [2.24, 2.45) is 0 Å². The van der Waals surface area contributed by atoms with E-state index in [1.54, 1.807) is 21.9 Å². The molecule has 2 aromatic rings. The fraction of sp³-hybridized carbons (Fsp3) is 0.222. The van der Waals surface area contributed by atoms with E-state index in [4.69, 9.17) is 0 Å². The van der Waals surface area contributed by atoms with Gasteiger partial charge in [0.25, 0.3) is 0 Å². The van der Waals surface area contributed by atoms with Crippen LogP contribution in [0.2, 0.25) is 0 Å². The number of likely N-dealkylation sites (N-methyl/N-ethyl adjacent to an activating group) is 2. The summed E-state index contributed by atoms with van der Waals surface area (Å²) in [6.45, 7) is 0. The molecule has 2 amide bonds. The number of rotatable bonds is 6. The molecule has 0 N–H and O–H groups in total. The van der Waals surface area contributed by atoms with Crippen LogP contribution in [-0.2, 0) is 22.4 Å². The monoisotopic (exact) mass is 376 g/mol. The molecular weight excluding hydrogens is 355 g/mol. The number of carbonyl (C=O) groups excluding carboxylic acids is 2. The molecule has 0 aliphatic rings. The summed E-state index contributed by atoms with van der Waals surface area (Å²) in [6.07, 6.45) is 0.722. The molecule has 0 aliphatic heterocycles. The second-order valence-corrected chi connectivity index (χ2v) is 7.83. The van der Waals surface area contributed by atoms with E-state index in [1.807, 2.05) is 60.7 Å². The Morgan fingerprint density at radius 1 is 0.739 bits per heavy atom. The average Bonchev–Trinajstić information content (AvgIpc) is 2.56. The summed E-state index contributed by atoms with van der Waals surface area (Å²) in [4.78, 5) is 24.5. The minimum absolute atomic E-state index is 0.0237. The van der Waals surface area contributed by atoms with E-state index in [0.29, 0.717) is 12.8 Å². The Morgan fingerprint density at radius 2 is 1.09 bits per heavy atom. The zero-order chi connectivity index (χ0) is 16.7. The van der Waals surface area contributed by atoms with Crippen LogP contribution < -0.4 is 0 Å². The van der Waals surface area contributed by atoms with E-state index in [-0.39, 0.29) is 27.2 Å². The van der Waals surface area contributed by atoms with Gasteiger partial charge in [0, 0.05) is 0 Å². The first-order valence-corrected chi connectivity index (χ1v) is 8.88. The van der Waals surface area contributed by atoms with Crippen molar-refractivity contribution in [3.05, 3.63) is 71.8 Å². The van der Waals surface area contributed by atoms with Crippen LogP contribution in [0.25, 0.3) is 0 Å². The Bertz CT molecular complexity index is 589. The van der Waals surface area contributed by atoms with Gasteiger partial charge in [-0.25, -0.2) is 0 Å². The Morgan fingerprint density at radius 3 is 1.43 bits per heavy atom. The minimum atomic E-state index is -0.336. The zero-order valence-corrected chi connectivity index (χ0v) is 15.0. The van der Waals surface area contributed by atoms with Crippen LogP contribution in [0, 0.1) is 0 Å². The summed E-state index contributed by atoms with van der Waals surface area (Å²) in [5.74, 6) is 0.0473. The molecule has 0 bridgehead atoms. The van der Waals surface area contributed by atoms with Crippen LogP contribution in [0.5, 0.6) is 0 Å². The molecule has 5 heteroatoms. The fourth-order valence-corrected chi connectivity index (χ4v) is 3.46. The van der Waals surface area contributed by atoms with Gasteiger partial charge in [0.2, 0.25) is 0 Å². The molecule has 0 saturated carbocycles. The van der Waals surface area contributed by atoms with Crippen LogP contribution in [0.4, 0.5) is 0 Å². The first-order chi connectivity index (χ1) is 11.1. The van der Waals surface area contributed by atoms with Crippen molar-refractivity contribution < 1.29 is 9.59 Å². The molecule has 0 heterocycles.